The normalized spacial score (nSPS) is 10.2. The molecule has 1 N–H and O–H groups in total. The molecule has 0 bridgehead atoms. The van der Waals surface area contributed by atoms with E-state index < -0.39 is 0 Å². The molecule has 0 spiro atoms. The number of nitrogens with one attached hydrogen (secondary N) is 1. The molecule has 0 amide bonds. The molecule has 0 heterocycles. The third-order valence-electron chi connectivity index (χ3n) is 4.14. The van der Waals surface area contributed by atoms with Gasteiger partial charge in [0.25, 0.3) is 0 Å². The highest BCUT2D eigenvalue weighted by atomic mass is 35.5. The first kappa shape index (κ1) is 22.4. The molecule has 0 aliphatic heterocycles. The van der Waals surface area contributed by atoms with E-state index in [0.717, 1.165) is 41.3 Å². The maximum Gasteiger partial charge on any atom is 0.123 e. The van der Waals surface area contributed by atoms with Gasteiger partial charge in [0.05, 0.1) is 7.11 Å². The van der Waals surface area contributed by atoms with E-state index in [1.807, 2.05) is 48.5 Å². The minimum absolute atomic E-state index is 0. The number of hydrogen-bond acceptors (Lipinski definition) is 3. The van der Waals surface area contributed by atoms with Crippen molar-refractivity contribution < 1.29 is 9.47 Å². The zero-order valence-electron chi connectivity index (χ0n) is 15.5. The van der Waals surface area contributed by atoms with Gasteiger partial charge in [-0.2, -0.15) is 0 Å². The van der Waals surface area contributed by atoms with E-state index >= 15 is 0 Å². The molecule has 0 radical (unpaired) electrons. The SMILES string of the molecule is COc1ccccc1CNCc1cccc(OCc2ccc(Cl)cc2Cl)c1.Cl. The van der Waals surface area contributed by atoms with Crippen LogP contribution in [0, 0.1) is 0 Å². The fraction of sp³-hybridized carbons (Fsp3) is 0.182. The van der Waals surface area contributed by atoms with Gasteiger partial charge in [-0.1, -0.05) is 59.6 Å². The summed E-state index contributed by atoms with van der Waals surface area (Å²) in [6.07, 6.45) is 0. The van der Waals surface area contributed by atoms with Crippen molar-refractivity contribution in [3.05, 3.63) is 93.5 Å². The molecule has 0 fully saturated rings. The van der Waals surface area contributed by atoms with Crippen molar-refractivity contribution in [2.24, 2.45) is 0 Å². The van der Waals surface area contributed by atoms with Crippen LogP contribution in [0.1, 0.15) is 16.7 Å². The van der Waals surface area contributed by atoms with Crippen LogP contribution in [-0.4, -0.2) is 7.11 Å². The highest BCUT2D eigenvalue weighted by molar-refractivity contribution is 6.35. The van der Waals surface area contributed by atoms with E-state index in [0.29, 0.717) is 16.7 Å². The van der Waals surface area contributed by atoms with Crippen LogP contribution in [0.2, 0.25) is 10.0 Å². The largest absolute Gasteiger partial charge is 0.496 e. The van der Waals surface area contributed by atoms with Crippen LogP contribution in [0.5, 0.6) is 11.5 Å². The molecular weight excluding hydrogens is 417 g/mol. The fourth-order valence-electron chi connectivity index (χ4n) is 2.74. The van der Waals surface area contributed by atoms with Gasteiger partial charge >= 0.3 is 0 Å². The molecule has 6 heteroatoms. The number of ether oxygens (including phenoxy) is 2. The molecule has 3 aromatic carbocycles. The van der Waals surface area contributed by atoms with Crippen molar-refractivity contribution >= 4 is 35.6 Å². The molecule has 3 nitrogen and oxygen atoms in total. The summed E-state index contributed by atoms with van der Waals surface area (Å²) in [6, 6.07) is 21.4. The lowest BCUT2D eigenvalue weighted by Gasteiger charge is -2.11. The second kappa shape index (κ2) is 11.2. The highest BCUT2D eigenvalue weighted by Gasteiger charge is 2.04. The first-order valence-corrected chi connectivity index (χ1v) is 9.39. The second-order valence-corrected chi connectivity index (χ2v) is 6.93. The van der Waals surface area contributed by atoms with Crippen molar-refractivity contribution in [1.29, 1.82) is 0 Å². The minimum atomic E-state index is 0. The van der Waals surface area contributed by atoms with Gasteiger partial charge in [-0.3, -0.25) is 0 Å². The van der Waals surface area contributed by atoms with Gasteiger partial charge in [-0.05, 0) is 35.9 Å². The Labute approximate surface area is 182 Å². The summed E-state index contributed by atoms with van der Waals surface area (Å²) in [5.41, 5.74) is 3.18. The minimum Gasteiger partial charge on any atom is -0.496 e. The Hall–Kier alpha value is -1.91. The van der Waals surface area contributed by atoms with Crippen molar-refractivity contribution in [3.8, 4) is 11.5 Å². The molecule has 0 aromatic heterocycles. The van der Waals surface area contributed by atoms with Gasteiger partial charge in [-0.15, -0.1) is 12.4 Å². The van der Waals surface area contributed by atoms with Gasteiger partial charge < -0.3 is 14.8 Å². The van der Waals surface area contributed by atoms with Crippen molar-refractivity contribution in [3.63, 3.8) is 0 Å². The third-order valence-corrected chi connectivity index (χ3v) is 4.73. The molecule has 0 unspecified atom stereocenters. The van der Waals surface area contributed by atoms with E-state index in [2.05, 4.69) is 17.4 Å². The van der Waals surface area contributed by atoms with E-state index in [1.54, 1.807) is 13.2 Å². The fourth-order valence-corrected chi connectivity index (χ4v) is 3.20. The van der Waals surface area contributed by atoms with Crippen LogP contribution in [0.3, 0.4) is 0 Å². The molecule has 28 heavy (non-hydrogen) atoms. The summed E-state index contributed by atoms with van der Waals surface area (Å²) in [5, 5.41) is 4.66. The number of rotatable bonds is 8. The molecule has 0 atom stereocenters. The number of methoxy groups -OCH3 is 1. The lowest BCUT2D eigenvalue weighted by molar-refractivity contribution is 0.306. The van der Waals surface area contributed by atoms with Gasteiger partial charge in [-0.25, -0.2) is 0 Å². The summed E-state index contributed by atoms with van der Waals surface area (Å²) in [5.74, 6) is 1.69. The standard InChI is InChI=1S/C22H21Cl2NO2.ClH/c1-26-22-8-3-2-6-17(22)14-25-13-16-5-4-7-20(11-16)27-15-18-9-10-19(23)12-21(18)24;/h2-12,25H,13-15H2,1H3;1H. The van der Waals surface area contributed by atoms with Gasteiger partial charge in [0.1, 0.15) is 18.1 Å². The predicted molar refractivity (Wildman–Crippen MR) is 118 cm³/mol. The summed E-state index contributed by atoms with van der Waals surface area (Å²) in [4.78, 5) is 0. The van der Waals surface area contributed by atoms with Gasteiger partial charge in [0.2, 0.25) is 0 Å². The average molecular weight is 439 g/mol. The maximum absolute atomic E-state index is 6.19. The molecule has 0 saturated carbocycles. The van der Waals surface area contributed by atoms with Crippen LogP contribution < -0.4 is 14.8 Å². The smallest absolute Gasteiger partial charge is 0.123 e. The Morgan fingerprint density at radius 3 is 2.46 bits per heavy atom. The average Bonchev–Trinajstić information content (AvgIpc) is 2.68. The Balaban J connectivity index is 0.00000280. The highest BCUT2D eigenvalue weighted by Crippen LogP contribution is 2.23. The van der Waals surface area contributed by atoms with Crippen LogP contribution in [0.25, 0.3) is 0 Å². The van der Waals surface area contributed by atoms with Crippen molar-refractivity contribution in [2.45, 2.75) is 19.7 Å². The van der Waals surface area contributed by atoms with E-state index in [9.17, 15) is 0 Å². The quantitative estimate of drug-likeness (QED) is 0.448. The zero-order chi connectivity index (χ0) is 19.1. The first-order chi connectivity index (χ1) is 13.2. The molecule has 0 aliphatic carbocycles. The monoisotopic (exact) mass is 437 g/mol. The van der Waals surface area contributed by atoms with Crippen LogP contribution in [-0.2, 0) is 19.7 Å². The predicted octanol–water partition coefficient (Wildman–Crippen LogP) is 6.29. The van der Waals surface area contributed by atoms with Crippen LogP contribution >= 0.6 is 35.6 Å². The van der Waals surface area contributed by atoms with E-state index in [-0.39, 0.29) is 12.4 Å². The second-order valence-electron chi connectivity index (χ2n) is 6.09. The molecule has 0 aliphatic rings. The zero-order valence-corrected chi connectivity index (χ0v) is 17.8. The van der Waals surface area contributed by atoms with Crippen LogP contribution in [0.15, 0.2) is 66.7 Å². The van der Waals surface area contributed by atoms with E-state index in [4.69, 9.17) is 32.7 Å². The summed E-state index contributed by atoms with van der Waals surface area (Å²) in [6.45, 7) is 1.86. The number of benzene rings is 3. The maximum atomic E-state index is 6.19. The van der Waals surface area contributed by atoms with E-state index in [1.165, 1.54) is 0 Å². The van der Waals surface area contributed by atoms with Gasteiger partial charge in [0, 0.05) is 34.3 Å². The Morgan fingerprint density at radius 2 is 1.68 bits per heavy atom. The van der Waals surface area contributed by atoms with Crippen molar-refractivity contribution in [1.82, 2.24) is 5.32 Å². The molecular formula is C22H22Cl3NO2. The lowest BCUT2D eigenvalue weighted by Crippen LogP contribution is -2.13. The third kappa shape index (κ3) is 6.32. The van der Waals surface area contributed by atoms with Gasteiger partial charge in [0.15, 0.2) is 0 Å². The molecule has 3 rings (SSSR count). The lowest BCUT2D eigenvalue weighted by atomic mass is 10.2. The Kier molecular flexibility index (Phi) is 8.94. The number of hydrogen-bond donors (Lipinski definition) is 1. The molecule has 148 valence electrons. The Morgan fingerprint density at radius 1 is 0.857 bits per heavy atom. The van der Waals surface area contributed by atoms with Crippen LogP contribution in [0.4, 0.5) is 0 Å². The molecule has 0 saturated heterocycles. The number of halogens is 3. The summed E-state index contributed by atoms with van der Waals surface area (Å²) < 4.78 is 11.3. The summed E-state index contributed by atoms with van der Waals surface area (Å²) in [7, 11) is 1.69. The number of para-hydroxylation sites is 1. The van der Waals surface area contributed by atoms with Crippen molar-refractivity contribution in [2.75, 3.05) is 7.11 Å². The topological polar surface area (TPSA) is 30.5 Å². The first-order valence-electron chi connectivity index (χ1n) is 8.64. The molecule has 3 aromatic rings. The summed E-state index contributed by atoms with van der Waals surface area (Å²) >= 11 is 12.1. The Bertz CT molecular complexity index is 902.